The Balaban J connectivity index is 3.38. The first kappa shape index (κ1) is 15.5. The van der Waals surface area contributed by atoms with Crippen LogP contribution in [0, 0.1) is 17.8 Å². The summed E-state index contributed by atoms with van der Waals surface area (Å²) in [6.07, 6.45) is 8.61. The lowest BCUT2D eigenvalue weighted by Gasteiger charge is -2.15. The first-order chi connectivity index (χ1) is 7.56. The topological polar surface area (TPSA) is 12.0 Å². The fourth-order valence-electron chi connectivity index (χ4n) is 2.31. The molecule has 0 aliphatic rings. The summed E-state index contributed by atoms with van der Waals surface area (Å²) in [5, 5.41) is 3.17. The second-order valence-electron chi connectivity index (χ2n) is 5.72. The summed E-state index contributed by atoms with van der Waals surface area (Å²) >= 11 is 0. The lowest BCUT2D eigenvalue weighted by atomic mass is 9.91. The minimum atomic E-state index is 0.846. The zero-order valence-corrected chi connectivity index (χ0v) is 11.8. The predicted octanol–water partition coefficient (Wildman–Crippen LogP) is 4.60. The van der Waals surface area contributed by atoms with Crippen LogP contribution in [0.2, 0.25) is 0 Å². The normalized spacial score (nSPS) is 14.8. The van der Waals surface area contributed by atoms with Crippen LogP contribution in [-0.4, -0.2) is 6.54 Å². The Bertz CT molecular complexity index is 163. The van der Waals surface area contributed by atoms with Gasteiger partial charge in [-0.1, -0.05) is 53.5 Å². The molecule has 0 aromatic heterocycles. The highest BCUT2D eigenvalue weighted by atomic mass is 14.8. The maximum atomic E-state index is 3.66. The van der Waals surface area contributed by atoms with E-state index in [1.165, 1.54) is 32.1 Å². The van der Waals surface area contributed by atoms with E-state index in [1.807, 2.05) is 0 Å². The Morgan fingerprint density at radius 1 is 1.00 bits per heavy atom. The largest absolute Gasteiger partial charge is 0.391 e. The predicted molar refractivity (Wildman–Crippen MR) is 74.5 cm³/mol. The van der Waals surface area contributed by atoms with Crippen molar-refractivity contribution < 1.29 is 0 Å². The van der Waals surface area contributed by atoms with E-state index in [0.29, 0.717) is 0 Å². The molecule has 0 fully saturated rings. The maximum absolute atomic E-state index is 3.66. The summed E-state index contributed by atoms with van der Waals surface area (Å²) in [5.41, 5.74) is 0. The molecule has 1 N–H and O–H groups in total. The zero-order valence-electron chi connectivity index (χ0n) is 11.8. The van der Waals surface area contributed by atoms with Crippen molar-refractivity contribution in [1.82, 2.24) is 5.32 Å². The fraction of sp³-hybridized carbons (Fsp3) is 0.867. The number of hydrogen-bond donors (Lipinski definition) is 1. The van der Waals surface area contributed by atoms with Gasteiger partial charge in [-0.3, -0.25) is 0 Å². The monoisotopic (exact) mass is 225 g/mol. The van der Waals surface area contributed by atoms with E-state index >= 15 is 0 Å². The molecule has 1 nitrogen and oxygen atoms in total. The van der Waals surface area contributed by atoms with Crippen LogP contribution >= 0.6 is 0 Å². The quantitative estimate of drug-likeness (QED) is 0.536. The van der Waals surface area contributed by atoms with Gasteiger partial charge in [0.05, 0.1) is 0 Å². The van der Waals surface area contributed by atoms with Gasteiger partial charge in [-0.2, -0.15) is 0 Å². The molecule has 0 aliphatic heterocycles. The molecule has 0 bridgehead atoms. The third-order valence-corrected chi connectivity index (χ3v) is 3.19. The molecule has 0 amide bonds. The van der Waals surface area contributed by atoms with E-state index < -0.39 is 0 Å². The van der Waals surface area contributed by atoms with E-state index in [0.717, 1.165) is 24.3 Å². The summed E-state index contributed by atoms with van der Waals surface area (Å²) in [6.45, 7) is 14.1. The minimum absolute atomic E-state index is 0.846. The van der Waals surface area contributed by atoms with Crippen LogP contribution in [0.5, 0.6) is 0 Å². The van der Waals surface area contributed by atoms with Crippen LogP contribution in [0.25, 0.3) is 0 Å². The van der Waals surface area contributed by atoms with Gasteiger partial charge >= 0.3 is 0 Å². The van der Waals surface area contributed by atoms with Crippen LogP contribution < -0.4 is 5.32 Å². The fourth-order valence-corrected chi connectivity index (χ4v) is 2.31. The molecule has 0 saturated carbocycles. The summed E-state index contributed by atoms with van der Waals surface area (Å²) in [4.78, 5) is 0. The summed E-state index contributed by atoms with van der Waals surface area (Å²) in [6, 6.07) is 0. The Morgan fingerprint density at radius 2 is 1.62 bits per heavy atom. The molecule has 0 saturated heterocycles. The second-order valence-corrected chi connectivity index (χ2v) is 5.72. The van der Waals surface area contributed by atoms with Crippen molar-refractivity contribution in [3.63, 3.8) is 0 Å². The van der Waals surface area contributed by atoms with Gasteiger partial charge in [0, 0.05) is 6.54 Å². The van der Waals surface area contributed by atoms with E-state index in [9.17, 15) is 0 Å². The molecule has 0 rings (SSSR count). The van der Waals surface area contributed by atoms with Gasteiger partial charge in [-0.05, 0) is 36.8 Å². The van der Waals surface area contributed by atoms with Crippen molar-refractivity contribution in [3.05, 3.63) is 12.8 Å². The summed E-state index contributed by atoms with van der Waals surface area (Å²) < 4.78 is 0. The molecular weight excluding hydrogens is 194 g/mol. The van der Waals surface area contributed by atoms with Crippen LogP contribution in [0.15, 0.2) is 12.8 Å². The molecule has 2 unspecified atom stereocenters. The van der Waals surface area contributed by atoms with Crippen molar-refractivity contribution in [1.29, 1.82) is 0 Å². The van der Waals surface area contributed by atoms with Gasteiger partial charge in [0.25, 0.3) is 0 Å². The highest BCUT2D eigenvalue weighted by Crippen LogP contribution is 2.19. The molecule has 0 aromatic carbocycles. The van der Waals surface area contributed by atoms with Crippen LogP contribution in [0.1, 0.15) is 59.8 Å². The maximum Gasteiger partial charge on any atom is 0.0143 e. The van der Waals surface area contributed by atoms with E-state index in [2.05, 4.69) is 39.6 Å². The number of hydrogen-bond acceptors (Lipinski definition) is 1. The molecule has 0 heterocycles. The standard InChI is InChI=1S/C15H31N/c1-6-16-11-10-14(4)8-7-9-15(5)12-13(2)3/h6,13-16H,1,7-12H2,2-5H3. The molecule has 16 heavy (non-hydrogen) atoms. The van der Waals surface area contributed by atoms with Gasteiger partial charge in [-0.15, -0.1) is 0 Å². The van der Waals surface area contributed by atoms with Gasteiger partial charge in [0.2, 0.25) is 0 Å². The Kier molecular flexibility index (Phi) is 9.46. The van der Waals surface area contributed by atoms with Crippen molar-refractivity contribution in [2.45, 2.75) is 59.8 Å². The first-order valence-electron chi connectivity index (χ1n) is 6.90. The van der Waals surface area contributed by atoms with Crippen LogP contribution in [0.4, 0.5) is 0 Å². The molecule has 1 heteroatoms. The molecule has 0 aromatic rings. The highest BCUT2D eigenvalue weighted by Gasteiger charge is 2.06. The minimum Gasteiger partial charge on any atom is -0.391 e. The highest BCUT2D eigenvalue weighted by molar-refractivity contribution is 4.65. The zero-order chi connectivity index (χ0) is 12.4. The first-order valence-corrected chi connectivity index (χ1v) is 6.90. The van der Waals surface area contributed by atoms with Gasteiger partial charge in [-0.25, -0.2) is 0 Å². The van der Waals surface area contributed by atoms with Crippen LogP contribution in [-0.2, 0) is 0 Å². The molecule has 0 spiro atoms. The summed E-state index contributed by atoms with van der Waals surface area (Å²) in [5.74, 6) is 2.60. The van der Waals surface area contributed by atoms with Crippen molar-refractivity contribution in [2.75, 3.05) is 6.54 Å². The number of nitrogens with one attached hydrogen (secondary N) is 1. The molecule has 96 valence electrons. The van der Waals surface area contributed by atoms with Gasteiger partial charge in [0.15, 0.2) is 0 Å². The lowest BCUT2D eigenvalue weighted by molar-refractivity contribution is 0.376. The second kappa shape index (κ2) is 9.74. The van der Waals surface area contributed by atoms with Gasteiger partial charge in [0.1, 0.15) is 0 Å². The van der Waals surface area contributed by atoms with Gasteiger partial charge < -0.3 is 5.32 Å². The van der Waals surface area contributed by atoms with Crippen molar-refractivity contribution >= 4 is 0 Å². The van der Waals surface area contributed by atoms with Crippen molar-refractivity contribution in [3.8, 4) is 0 Å². The van der Waals surface area contributed by atoms with E-state index in [1.54, 1.807) is 6.20 Å². The number of rotatable bonds is 10. The third kappa shape index (κ3) is 10.1. The molecule has 0 aliphatic carbocycles. The molecular formula is C15H31N. The summed E-state index contributed by atoms with van der Waals surface area (Å²) in [7, 11) is 0. The SMILES string of the molecule is C=CNCCC(C)CCCC(C)CC(C)C. The smallest absolute Gasteiger partial charge is 0.0143 e. The van der Waals surface area contributed by atoms with Crippen molar-refractivity contribution in [2.24, 2.45) is 17.8 Å². The van der Waals surface area contributed by atoms with E-state index in [4.69, 9.17) is 0 Å². The average Bonchev–Trinajstić information content (AvgIpc) is 2.17. The van der Waals surface area contributed by atoms with Crippen LogP contribution in [0.3, 0.4) is 0 Å². The lowest BCUT2D eigenvalue weighted by Crippen LogP contribution is -2.10. The Morgan fingerprint density at radius 3 is 2.19 bits per heavy atom. The molecule has 0 radical (unpaired) electrons. The van der Waals surface area contributed by atoms with E-state index in [-0.39, 0.29) is 0 Å². The Labute approximate surface area is 103 Å². The third-order valence-electron chi connectivity index (χ3n) is 3.19. The average molecular weight is 225 g/mol. The Hall–Kier alpha value is -0.460. The molecule has 2 atom stereocenters.